The molecule has 3 unspecified atom stereocenters. The Morgan fingerprint density at radius 2 is 1.00 bits per heavy atom. The third-order valence-corrected chi connectivity index (χ3v) is 5.38. The zero-order valence-corrected chi connectivity index (χ0v) is 23.5. The van der Waals surface area contributed by atoms with Gasteiger partial charge in [0, 0.05) is 0 Å². The lowest BCUT2D eigenvalue weighted by Crippen LogP contribution is -2.57. The molecule has 0 saturated heterocycles. The summed E-state index contributed by atoms with van der Waals surface area (Å²) in [7, 11) is 0. The summed E-state index contributed by atoms with van der Waals surface area (Å²) in [5.74, 6) is -7.35. The van der Waals surface area contributed by atoms with Gasteiger partial charge in [-0.2, -0.15) is 43.9 Å². The fourth-order valence-corrected chi connectivity index (χ4v) is 3.39. The molecule has 3 atom stereocenters. The molecule has 0 radical (unpaired) electrons. The summed E-state index contributed by atoms with van der Waals surface area (Å²) < 4.78 is 186. The molecule has 1 aromatic carbocycles. The molecule has 0 bridgehead atoms. The Kier molecular flexibility index (Phi) is 23.8. The van der Waals surface area contributed by atoms with Crippen molar-refractivity contribution in [1.29, 1.82) is 0 Å². The van der Waals surface area contributed by atoms with Gasteiger partial charge >= 0.3 is 48.8 Å². The molecule has 8 nitrogen and oxygen atoms in total. The van der Waals surface area contributed by atoms with Crippen molar-refractivity contribution in [3.8, 4) is 5.75 Å². The molecule has 1 N–H and O–H groups in total. The van der Waals surface area contributed by atoms with E-state index in [0.717, 1.165) is 6.92 Å². The molecule has 21 heteroatoms. The van der Waals surface area contributed by atoms with Crippen LogP contribution in [0.4, 0.5) is 57.1 Å². The van der Waals surface area contributed by atoms with E-state index < -0.39 is 78.8 Å². The maximum Gasteiger partial charge on any atom is 0.527 e. The number of aromatic hydroxyl groups is 1. The highest BCUT2D eigenvalue weighted by Crippen LogP contribution is 2.48. The molecule has 1 rings (SSSR count). The van der Waals surface area contributed by atoms with Crippen molar-refractivity contribution in [2.75, 3.05) is 6.61 Å². The molecule has 0 aliphatic rings. The molecule has 0 amide bonds. The van der Waals surface area contributed by atoms with Gasteiger partial charge in [-0.25, -0.2) is 14.2 Å². The van der Waals surface area contributed by atoms with E-state index in [1.807, 2.05) is 0 Å². The monoisotopic (exact) mass is 784 g/mol. The minimum Gasteiger partial charge on any atom is -0.508 e. The first-order chi connectivity index (χ1) is 19.8. The topological polar surface area (TPSA) is 101 Å². The van der Waals surface area contributed by atoms with Gasteiger partial charge in [0.15, 0.2) is 6.61 Å². The number of benzene rings is 1. The van der Waals surface area contributed by atoms with Crippen LogP contribution in [-0.4, -0.2) is 66.2 Å². The summed E-state index contributed by atoms with van der Waals surface area (Å²) in [5, 5.41) is 9.47. The minimum absolute atomic E-state index is 0. The van der Waals surface area contributed by atoms with Crippen LogP contribution in [0.25, 0.3) is 0 Å². The highest BCUT2D eigenvalue weighted by atomic mass is 19.4. The first kappa shape index (κ1) is 60.0. The van der Waals surface area contributed by atoms with Crippen LogP contribution in [0.1, 0.15) is 90.7 Å². The van der Waals surface area contributed by atoms with E-state index in [0.29, 0.717) is 5.56 Å². The smallest absolute Gasteiger partial charge is 0.508 e. The van der Waals surface area contributed by atoms with Gasteiger partial charge in [-0.05, 0) is 44.4 Å². The van der Waals surface area contributed by atoms with Gasteiger partial charge in [0.25, 0.3) is 0 Å². The van der Waals surface area contributed by atoms with E-state index in [2.05, 4.69) is 9.47 Å². The third-order valence-electron chi connectivity index (χ3n) is 5.38. The maximum atomic E-state index is 14.0. The molecule has 0 aliphatic heterocycles. The Morgan fingerprint density at radius 1 is 0.627 bits per heavy atom. The van der Waals surface area contributed by atoms with Gasteiger partial charge in [-0.3, -0.25) is 9.59 Å². The van der Waals surface area contributed by atoms with Gasteiger partial charge < -0.3 is 14.6 Å². The third kappa shape index (κ3) is 17.3. The van der Waals surface area contributed by atoms with Crippen LogP contribution in [0.15, 0.2) is 24.3 Å². The van der Waals surface area contributed by atoms with Gasteiger partial charge in [0.2, 0.25) is 0 Å². The Bertz CT molecular complexity index is 1170. The fourth-order valence-electron chi connectivity index (χ4n) is 3.39. The Labute approximate surface area is 289 Å². The number of rotatable bonds is 14. The van der Waals surface area contributed by atoms with Crippen LogP contribution in [0.2, 0.25) is 0 Å². The zero-order valence-electron chi connectivity index (χ0n) is 23.5. The Hall–Kier alpha value is -3.07. The molecule has 308 valence electrons. The van der Waals surface area contributed by atoms with E-state index in [1.165, 1.54) is 52.0 Å². The predicted octanol–water partition coefficient (Wildman–Crippen LogP) is 11.0. The molecule has 0 saturated carbocycles. The van der Waals surface area contributed by atoms with Crippen LogP contribution >= 0.6 is 0 Å². The van der Waals surface area contributed by atoms with Gasteiger partial charge in [0.1, 0.15) is 11.4 Å². The largest absolute Gasteiger partial charge is 0.527 e. The molecule has 0 heterocycles. The number of phenols is 1. The van der Waals surface area contributed by atoms with Gasteiger partial charge in [-0.1, -0.05) is 70.5 Å². The van der Waals surface area contributed by atoms with Crippen LogP contribution in [-0.2, 0) is 33.3 Å². The van der Waals surface area contributed by atoms with E-state index in [1.54, 1.807) is 9.47 Å². The average molecular weight is 785 g/mol. The summed E-state index contributed by atoms with van der Waals surface area (Å²) >= 11 is 0. The van der Waals surface area contributed by atoms with Crippen LogP contribution < -0.4 is 0 Å². The van der Waals surface area contributed by atoms with Crippen molar-refractivity contribution in [3.05, 3.63) is 29.8 Å². The predicted molar refractivity (Wildman–Crippen MR) is 160 cm³/mol. The summed E-state index contributed by atoms with van der Waals surface area (Å²) in [4.78, 5) is 25.5. The molecule has 0 fully saturated rings. The summed E-state index contributed by atoms with van der Waals surface area (Å²) in [6.45, 7) is 3.91. The van der Waals surface area contributed by atoms with E-state index in [4.69, 9.17) is 4.74 Å². The average Bonchev–Trinajstić information content (AvgIpc) is 2.78. The number of alkyl halides is 13. The number of hydrogen-bond donors (Lipinski definition) is 1. The Balaban J connectivity index is -0.000000844. The van der Waals surface area contributed by atoms with Crippen molar-refractivity contribution < 1.29 is 95.5 Å². The summed E-state index contributed by atoms with van der Waals surface area (Å²) in [6.07, 6.45) is -40.8. The van der Waals surface area contributed by atoms with Crippen molar-refractivity contribution in [1.82, 2.24) is 0 Å². The normalized spacial score (nSPS) is 14.2. The zero-order chi connectivity index (χ0) is 35.6. The van der Waals surface area contributed by atoms with E-state index >= 15 is 0 Å². The number of carbonyl (C=O) groups excluding carboxylic acids is 2. The lowest BCUT2D eigenvalue weighted by molar-refractivity contribution is -0.564. The van der Waals surface area contributed by atoms with Crippen molar-refractivity contribution in [2.45, 2.75) is 128 Å². The van der Waals surface area contributed by atoms with Crippen LogP contribution in [0.5, 0.6) is 5.75 Å². The Morgan fingerprint density at radius 3 is 1.37 bits per heavy atom. The van der Waals surface area contributed by atoms with Crippen molar-refractivity contribution in [3.63, 3.8) is 0 Å². The van der Waals surface area contributed by atoms with Crippen molar-refractivity contribution >= 4 is 11.9 Å². The summed E-state index contributed by atoms with van der Waals surface area (Å²) in [6, 6.07) is 5.02. The quantitative estimate of drug-likeness (QED) is 0.147. The molecule has 0 aliphatic carbocycles. The van der Waals surface area contributed by atoms with E-state index in [-0.39, 0.29) is 50.3 Å². The second-order valence-corrected chi connectivity index (χ2v) is 10.3. The number of esters is 2. The number of phenolic OH excluding ortho intramolecular Hbond substituents is 1. The highest BCUT2D eigenvalue weighted by Gasteiger charge is 2.74. The van der Waals surface area contributed by atoms with Gasteiger partial charge in [-0.15, -0.1) is 13.2 Å². The molecule has 0 spiro atoms. The minimum atomic E-state index is -7.21. The molecular formula is C30H49F13O8. The molecule has 0 aromatic heterocycles. The maximum absolute atomic E-state index is 14.0. The first-order valence-corrected chi connectivity index (χ1v) is 12.1. The van der Waals surface area contributed by atoms with Crippen LogP contribution in [0.3, 0.4) is 0 Å². The second-order valence-electron chi connectivity index (χ2n) is 10.3. The number of hydrogen-bond acceptors (Lipinski definition) is 8. The lowest BCUT2D eigenvalue weighted by atomic mass is 9.79. The van der Waals surface area contributed by atoms with Crippen LogP contribution in [0, 0.1) is 11.8 Å². The first-order valence-electron chi connectivity index (χ1n) is 12.1. The highest BCUT2D eigenvalue weighted by molar-refractivity contribution is 5.83. The number of halogens is 13. The van der Waals surface area contributed by atoms with Gasteiger partial charge in [0.05, 0.1) is 11.8 Å². The standard InChI is InChI=1S/C24H25F13O8.6CH4/c1-11(13-6-8-14(38)9-7-13)15(17(40)42-18(3,4)5)12(2)16(39)41-10-19(25,26)43-20(27,28)21(29,30)44-22(31,32)23(33,34)45-24(35,36)37;;;;;;/h6-9,11-12,15,38H,10H2,1-5H3;6*1H4. The lowest BCUT2D eigenvalue weighted by Gasteiger charge is -2.33. The summed E-state index contributed by atoms with van der Waals surface area (Å²) in [5.41, 5.74) is -0.866. The van der Waals surface area contributed by atoms with Crippen molar-refractivity contribution in [2.24, 2.45) is 11.8 Å². The number of carbonyl (C=O) groups is 2. The molecule has 1 aromatic rings. The SMILES string of the molecule is C.C.C.C.C.C.CC(C(=O)OCC(F)(F)OC(F)(F)C(F)(F)OC(F)(F)C(F)(F)OC(F)(F)F)C(C(=O)OC(C)(C)C)C(C)c1ccc(O)cc1. The molecular weight excluding hydrogens is 735 g/mol. The number of ether oxygens (including phenoxy) is 5. The molecule has 51 heavy (non-hydrogen) atoms. The fraction of sp³-hybridized carbons (Fsp3) is 0.733. The second kappa shape index (κ2) is 20.2. The van der Waals surface area contributed by atoms with E-state index in [9.17, 15) is 71.8 Å².